The summed E-state index contributed by atoms with van der Waals surface area (Å²) in [6.07, 6.45) is 5.02. The predicted molar refractivity (Wildman–Crippen MR) is 133 cm³/mol. The Kier molecular flexibility index (Phi) is 6.18. The number of rotatable bonds is 5. The highest BCUT2D eigenvalue weighted by atomic mass is 15.2. The highest BCUT2D eigenvalue weighted by Crippen LogP contribution is 2.46. The molecule has 1 saturated heterocycles. The van der Waals surface area contributed by atoms with E-state index >= 15 is 0 Å². The molecule has 0 atom stereocenters. The number of hydrogen-bond acceptors (Lipinski definition) is 3. The van der Waals surface area contributed by atoms with E-state index < -0.39 is 0 Å². The van der Waals surface area contributed by atoms with E-state index in [2.05, 4.69) is 87.9 Å². The third-order valence-electron chi connectivity index (χ3n) is 7.93. The Balaban J connectivity index is 1.55. The summed E-state index contributed by atoms with van der Waals surface area (Å²) in [5.74, 6) is 1.95. The van der Waals surface area contributed by atoms with Crippen LogP contribution in [0.2, 0.25) is 0 Å². The van der Waals surface area contributed by atoms with Gasteiger partial charge in [0.2, 0.25) is 0 Å². The highest BCUT2D eigenvalue weighted by molar-refractivity contribution is 5.65. The third-order valence-corrected chi connectivity index (χ3v) is 7.93. The highest BCUT2D eigenvalue weighted by Gasteiger charge is 2.37. The Labute approximate surface area is 189 Å². The first-order valence-corrected chi connectivity index (χ1v) is 12.3. The number of aromatic nitrogens is 1. The van der Waals surface area contributed by atoms with Crippen LogP contribution < -0.4 is 4.90 Å². The summed E-state index contributed by atoms with van der Waals surface area (Å²) in [4.78, 5) is 10.0. The molecule has 0 saturated carbocycles. The topological polar surface area (TPSA) is 19.4 Å². The fraction of sp³-hybridized carbons (Fsp3) is 0.607. The lowest BCUT2D eigenvalue weighted by Gasteiger charge is -2.42. The van der Waals surface area contributed by atoms with Crippen LogP contribution in [0.4, 0.5) is 5.82 Å². The fourth-order valence-electron chi connectivity index (χ4n) is 5.42. The monoisotopic (exact) mass is 419 g/mol. The molecular weight excluding hydrogens is 378 g/mol. The minimum Gasteiger partial charge on any atom is -0.357 e. The Hall–Kier alpha value is -1.87. The van der Waals surface area contributed by atoms with E-state index in [-0.39, 0.29) is 10.8 Å². The molecule has 3 heteroatoms. The smallest absolute Gasteiger partial charge is 0.129 e. The summed E-state index contributed by atoms with van der Waals surface area (Å²) in [7, 11) is 2.23. The van der Waals surface area contributed by atoms with Crippen molar-refractivity contribution in [2.45, 2.75) is 71.1 Å². The van der Waals surface area contributed by atoms with Gasteiger partial charge in [-0.2, -0.15) is 0 Å². The zero-order valence-electron chi connectivity index (χ0n) is 20.5. The number of piperidine rings is 1. The molecule has 0 N–H and O–H groups in total. The van der Waals surface area contributed by atoms with E-state index in [1.807, 2.05) is 0 Å². The maximum Gasteiger partial charge on any atom is 0.129 e. The number of hydrogen-bond donors (Lipinski definition) is 0. The lowest BCUT2D eigenvalue weighted by molar-refractivity contribution is 0.257. The maximum atomic E-state index is 5.12. The lowest BCUT2D eigenvalue weighted by Crippen LogP contribution is -2.38. The van der Waals surface area contributed by atoms with E-state index in [9.17, 15) is 0 Å². The fourth-order valence-corrected chi connectivity index (χ4v) is 5.42. The van der Waals surface area contributed by atoms with Crippen LogP contribution in [-0.4, -0.2) is 43.1 Å². The maximum absolute atomic E-state index is 5.12. The molecule has 1 aliphatic carbocycles. The van der Waals surface area contributed by atoms with Crippen molar-refractivity contribution in [3.05, 3.63) is 47.5 Å². The summed E-state index contributed by atoms with van der Waals surface area (Å²) >= 11 is 0. The molecule has 0 bridgehead atoms. The van der Waals surface area contributed by atoms with Gasteiger partial charge < -0.3 is 9.80 Å². The second-order valence-electron chi connectivity index (χ2n) is 11.2. The van der Waals surface area contributed by atoms with Gasteiger partial charge in [0.1, 0.15) is 5.82 Å². The molecule has 0 amide bonds. The van der Waals surface area contributed by atoms with Gasteiger partial charge in [-0.25, -0.2) is 4.98 Å². The molecule has 2 aliphatic rings. The van der Waals surface area contributed by atoms with Crippen molar-refractivity contribution in [1.29, 1.82) is 0 Å². The molecule has 1 fully saturated rings. The average Bonchev–Trinajstić information content (AvgIpc) is 2.77. The zero-order chi connectivity index (χ0) is 22.2. The van der Waals surface area contributed by atoms with Crippen LogP contribution in [0.25, 0.3) is 11.3 Å². The van der Waals surface area contributed by atoms with Gasteiger partial charge in [0.05, 0.1) is 5.69 Å². The minimum atomic E-state index is 0.228. The van der Waals surface area contributed by atoms with Crippen molar-refractivity contribution in [2.24, 2.45) is 5.92 Å². The van der Waals surface area contributed by atoms with Gasteiger partial charge in [0.15, 0.2) is 0 Å². The molecule has 4 rings (SSSR count). The Morgan fingerprint density at radius 2 is 1.65 bits per heavy atom. The van der Waals surface area contributed by atoms with Crippen molar-refractivity contribution >= 4 is 5.82 Å². The third kappa shape index (κ3) is 4.67. The Morgan fingerprint density at radius 3 is 2.32 bits per heavy atom. The van der Waals surface area contributed by atoms with Crippen LogP contribution in [0.3, 0.4) is 0 Å². The molecule has 1 aromatic heterocycles. The Bertz CT molecular complexity index is 906. The van der Waals surface area contributed by atoms with Crippen molar-refractivity contribution in [1.82, 2.24) is 9.88 Å². The minimum absolute atomic E-state index is 0.228. The molecule has 0 spiro atoms. The molecule has 0 unspecified atom stereocenters. The number of benzene rings is 1. The number of anilines is 1. The largest absolute Gasteiger partial charge is 0.357 e. The predicted octanol–water partition coefficient (Wildman–Crippen LogP) is 6.27. The number of nitrogens with zero attached hydrogens (tertiary/aromatic N) is 3. The molecule has 2 heterocycles. The van der Waals surface area contributed by atoms with Crippen molar-refractivity contribution in [2.75, 3.05) is 38.1 Å². The van der Waals surface area contributed by atoms with E-state index in [0.717, 1.165) is 37.1 Å². The molecule has 3 nitrogen and oxygen atoms in total. The second-order valence-corrected chi connectivity index (χ2v) is 11.2. The quantitative estimate of drug-likeness (QED) is 0.570. The van der Waals surface area contributed by atoms with Gasteiger partial charge in [-0.05, 0) is 85.3 Å². The molecule has 1 aromatic carbocycles. The molecular formula is C28H41N3. The molecule has 0 radical (unpaired) electrons. The molecule has 168 valence electrons. The van der Waals surface area contributed by atoms with E-state index in [1.165, 1.54) is 48.9 Å². The number of pyridine rings is 1. The van der Waals surface area contributed by atoms with Gasteiger partial charge >= 0.3 is 0 Å². The first-order valence-electron chi connectivity index (χ1n) is 12.3. The molecule has 31 heavy (non-hydrogen) atoms. The van der Waals surface area contributed by atoms with Crippen molar-refractivity contribution in [3.63, 3.8) is 0 Å². The van der Waals surface area contributed by atoms with Crippen molar-refractivity contribution in [3.8, 4) is 11.3 Å². The average molecular weight is 420 g/mol. The number of fused-ring (bicyclic) bond motifs is 1. The summed E-state index contributed by atoms with van der Waals surface area (Å²) in [5, 5.41) is 0. The van der Waals surface area contributed by atoms with Crippen molar-refractivity contribution < 1.29 is 0 Å². The lowest BCUT2D eigenvalue weighted by atomic mass is 9.63. The second kappa shape index (κ2) is 8.58. The van der Waals surface area contributed by atoms with Gasteiger partial charge in [0.25, 0.3) is 0 Å². The van der Waals surface area contributed by atoms with Crippen LogP contribution in [0.5, 0.6) is 0 Å². The SMILES string of the molecule is CCN(C)CC1CCN(c2cccc(-c3ccc4c(c3)C(C)(C)CCC4(C)C)n2)CC1. The Morgan fingerprint density at radius 1 is 0.968 bits per heavy atom. The van der Waals surface area contributed by atoms with Gasteiger partial charge in [-0.1, -0.05) is 52.8 Å². The van der Waals surface area contributed by atoms with Crippen LogP contribution in [0.15, 0.2) is 36.4 Å². The van der Waals surface area contributed by atoms with Crippen LogP contribution in [0.1, 0.15) is 71.4 Å². The summed E-state index contributed by atoms with van der Waals surface area (Å²) in [5.41, 5.74) is 5.87. The van der Waals surface area contributed by atoms with Crippen LogP contribution in [-0.2, 0) is 10.8 Å². The van der Waals surface area contributed by atoms with Crippen LogP contribution >= 0.6 is 0 Å². The van der Waals surface area contributed by atoms with E-state index in [1.54, 1.807) is 0 Å². The van der Waals surface area contributed by atoms with Gasteiger partial charge in [0, 0.05) is 25.2 Å². The molecule has 2 aromatic rings. The zero-order valence-corrected chi connectivity index (χ0v) is 20.5. The van der Waals surface area contributed by atoms with E-state index in [0.29, 0.717) is 0 Å². The normalized spacial score (nSPS) is 20.7. The van der Waals surface area contributed by atoms with Gasteiger partial charge in [-0.15, -0.1) is 0 Å². The molecule has 1 aliphatic heterocycles. The first-order chi connectivity index (χ1) is 14.7. The summed E-state index contributed by atoms with van der Waals surface area (Å²) in [6.45, 7) is 16.4. The summed E-state index contributed by atoms with van der Waals surface area (Å²) < 4.78 is 0. The first kappa shape index (κ1) is 22.3. The van der Waals surface area contributed by atoms with Crippen LogP contribution in [0, 0.1) is 5.92 Å². The standard InChI is InChI=1S/C28H41N3/c1-7-30(6)20-21-13-17-31(18-14-21)26-10-8-9-25(29-26)22-11-12-23-24(19-22)28(4,5)16-15-27(23,2)3/h8-12,19,21H,7,13-18,20H2,1-6H3. The van der Waals surface area contributed by atoms with Gasteiger partial charge in [-0.3, -0.25) is 0 Å². The summed E-state index contributed by atoms with van der Waals surface area (Å²) in [6, 6.07) is 13.6. The van der Waals surface area contributed by atoms with E-state index in [4.69, 9.17) is 4.98 Å².